The maximum absolute atomic E-state index is 5.50. The predicted molar refractivity (Wildman–Crippen MR) is 75.6 cm³/mol. The smallest absolute Gasteiger partial charge is 0.226 e. The summed E-state index contributed by atoms with van der Waals surface area (Å²) in [6.45, 7) is 1.61. The van der Waals surface area contributed by atoms with E-state index in [0.29, 0.717) is 17.9 Å². The van der Waals surface area contributed by atoms with Crippen molar-refractivity contribution in [2.75, 3.05) is 20.3 Å². The van der Waals surface area contributed by atoms with Crippen LogP contribution in [0, 0.1) is 5.92 Å². The molecule has 1 aliphatic carbocycles. The third-order valence-corrected chi connectivity index (χ3v) is 4.73. The molecule has 3 atom stereocenters. The van der Waals surface area contributed by atoms with Crippen LogP contribution in [0.1, 0.15) is 56.2 Å². The van der Waals surface area contributed by atoms with Gasteiger partial charge in [0, 0.05) is 25.0 Å². The largest absolute Gasteiger partial charge is 0.381 e. The lowest BCUT2D eigenvalue weighted by Crippen LogP contribution is -2.37. The molecule has 2 fully saturated rings. The van der Waals surface area contributed by atoms with Gasteiger partial charge in [-0.15, -0.1) is 0 Å². The fourth-order valence-electron chi connectivity index (χ4n) is 3.52. The second kappa shape index (κ2) is 6.68. The van der Waals surface area contributed by atoms with Gasteiger partial charge >= 0.3 is 0 Å². The molecule has 1 aromatic heterocycles. The number of hydrogen-bond donors (Lipinski definition) is 1. The van der Waals surface area contributed by atoms with Gasteiger partial charge in [0.15, 0.2) is 5.82 Å². The number of aromatic nitrogens is 2. The molecule has 2 aliphatic rings. The predicted octanol–water partition coefficient (Wildman–Crippen LogP) is 2.28. The minimum absolute atomic E-state index is 0.327. The topological polar surface area (TPSA) is 60.2 Å². The highest BCUT2D eigenvalue weighted by molar-refractivity contribution is 4.98. The summed E-state index contributed by atoms with van der Waals surface area (Å²) in [7, 11) is 2.06. The zero-order valence-electron chi connectivity index (χ0n) is 12.3. The fourth-order valence-corrected chi connectivity index (χ4v) is 3.52. The van der Waals surface area contributed by atoms with Crippen LogP contribution in [0.2, 0.25) is 0 Å². The molecule has 2 heterocycles. The number of ether oxygens (including phenoxy) is 1. The van der Waals surface area contributed by atoms with Gasteiger partial charge < -0.3 is 14.6 Å². The molecule has 0 aromatic carbocycles. The number of rotatable bonds is 4. The van der Waals surface area contributed by atoms with Crippen molar-refractivity contribution in [1.82, 2.24) is 15.5 Å². The lowest BCUT2D eigenvalue weighted by Gasteiger charge is -2.30. The van der Waals surface area contributed by atoms with Crippen LogP contribution in [0.4, 0.5) is 0 Å². The molecular weight excluding hydrogens is 254 g/mol. The number of nitrogens with one attached hydrogen (secondary N) is 1. The van der Waals surface area contributed by atoms with E-state index in [1.807, 2.05) is 0 Å². The molecule has 3 unspecified atom stereocenters. The average Bonchev–Trinajstić information content (AvgIpc) is 2.97. The highest BCUT2D eigenvalue weighted by atomic mass is 16.5. The number of nitrogens with zero attached hydrogens (tertiary/aromatic N) is 2. The van der Waals surface area contributed by atoms with Crippen LogP contribution in [0.15, 0.2) is 4.52 Å². The van der Waals surface area contributed by atoms with Crippen LogP contribution in [0.5, 0.6) is 0 Å². The standard InChI is InChI=1S/C15H25N3O2/c1-16-13-7-3-2-5-11(13)9-14-17-15(18-20-14)12-6-4-8-19-10-12/h11-13,16H,2-10H2,1H3. The molecule has 1 saturated heterocycles. The Labute approximate surface area is 120 Å². The summed E-state index contributed by atoms with van der Waals surface area (Å²) < 4.78 is 11.0. The Morgan fingerprint density at radius 3 is 2.90 bits per heavy atom. The van der Waals surface area contributed by atoms with Crippen LogP contribution in [-0.2, 0) is 11.2 Å². The van der Waals surface area contributed by atoms with Crippen molar-refractivity contribution in [3.05, 3.63) is 11.7 Å². The van der Waals surface area contributed by atoms with E-state index in [1.54, 1.807) is 0 Å². The first kappa shape index (κ1) is 14.0. The Morgan fingerprint density at radius 1 is 1.20 bits per heavy atom. The lowest BCUT2D eigenvalue weighted by molar-refractivity contribution is 0.0773. The van der Waals surface area contributed by atoms with E-state index in [0.717, 1.165) is 44.2 Å². The van der Waals surface area contributed by atoms with Crippen molar-refractivity contribution in [3.8, 4) is 0 Å². The molecule has 1 N–H and O–H groups in total. The molecule has 0 bridgehead atoms. The van der Waals surface area contributed by atoms with Crippen LogP contribution in [-0.4, -0.2) is 36.4 Å². The van der Waals surface area contributed by atoms with E-state index >= 15 is 0 Å². The molecule has 1 aromatic rings. The quantitative estimate of drug-likeness (QED) is 0.916. The summed E-state index contributed by atoms with van der Waals surface area (Å²) in [6.07, 6.45) is 8.29. The summed E-state index contributed by atoms with van der Waals surface area (Å²) in [5, 5.41) is 7.60. The van der Waals surface area contributed by atoms with Crippen LogP contribution in [0.25, 0.3) is 0 Å². The molecule has 5 nitrogen and oxygen atoms in total. The second-order valence-electron chi connectivity index (χ2n) is 6.10. The van der Waals surface area contributed by atoms with Gasteiger partial charge in [-0.2, -0.15) is 4.98 Å². The van der Waals surface area contributed by atoms with Gasteiger partial charge in [-0.25, -0.2) is 0 Å². The average molecular weight is 279 g/mol. The van der Waals surface area contributed by atoms with Gasteiger partial charge in [-0.05, 0) is 38.6 Å². The van der Waals surface area contributed by atoms with E-state index in [4.69, 9.17) is 9.26 Å². The highest BCUT2D eigenvalue weighted by Gasteiger charge is 2.27. The molecule has 1 aliphatic heterocycles. The van der Waals surface area contributed by atoms with Gasteiger partial charge in [-0.3, -0.25) is 0 Å². The van der Waals surface area contributed by atoms with Crippen molar-refractivity contribution in [2.45, 2.75) is 56.9 Å². The molecule has 20 heavy (non-hydrogen) atoms. The summed E-state index contributed by atoms with van der Waals surface area (Å²) in [4.78, 5) is 4.61. The van der Waals surface area contributed by atoms with Gasteiger partial charge in [0.1, 0.15) is 0 Å². The van der Waals surface area contributed by atoms with Gasteiger partial charge in [0.05, 0.1) is 6.61 Å². The molecule has 3 rings (SSSR count). The third-order valence-electron chi connectivity index (χ3n) is 4.73. The summed E-state index contributed by atoms with van der Waals surface area (Å²) in [6, 6.07) is 0.595. The third kappa shape index (κ3) is 3.20. The van der Waals surface area contributed by atoms with Crippen molar-refractivity contribution < 1.29 is 9.26 Å². The Morgan fingerprint density at radius 2 is 2.10 bits per heavy atom. The van der Waals surface area contributed by atoms with Gasteiger partial charge in [0.2, 0.25) is 5.89 Å². The Balaban J connectivity index is 1.61. The normalized spacial score (nSPS) is 31.4. The lowest BCUT2D eigenvalue weighted by atomic mass is 9.82. The van der Waals surface area contributed by atoms with Gasteiger partial charge in [-0.1, -0.05) is 18.0 Å². The molecule has 0 spiro atoms. The van der Waals surface area contributed by atoms with Gasteiger partial charge in [0.25, 0.3) is 0 Å². The maximum atomic E-state index is 5.50. The summed E-state index contributed by atoms with van der Waals surface area (Å²) >= 11 is 0. The SMILES string of the molecule is CNC1CCCCC1Cc1nc(C2CCCOC2)no1. The second-order valence-corrected chi connectivity index (χ2v) is 6.10. The van der Waals surface area contributed by atoms with E-state index in [1.165, 1.54) is 25.7 Å². The first-order chi connectivity index (χ1) is 9.86. The first-order valence-corrected chi connectivity index (χ1v) is 7.94. The van der Waals surface area contributed by atoms with Crippen molar-refractivity contribution in [3.63, 3.8) is 0 Å². The molecule has 5 heteroatoms. The van der Waals surface area contributed by atoms with Crippen LogP contribution in [0.3, 0.4) is 0 Å². The molecule has 0 radical (unpaired) electrons. The Hall–Kier alpha value is -0.940. The van der Waals surface area contributed by atoms with Crippen molar-refractivity contribution in [2.24, 2.45) is 5.92 Å². The molecular formula is C15H25N3O2. The monoisotopic (exact) mass is 279 g/mol. The van der Waals surface area contributed by atoms with E-state index in [9.17, 15) is 0 Å². The van der Waals surface area contributed by atoms with E-state index < -0.39 is 0 Å². The zero-order valence-corrected chi connectivity index (χ0v) is 12.3. The molecule has 1 saturated carbocycles. The molecule has 0 amide bonds. The Bertz CT molecular complexity index is 415. The van der Waals surface area contributed by atoms with Crippen molar-refractivity contribution in [1.29, 1.82) is 0 Å². The summed E-state index contributed by atoms with van der Waals surface area (Å²) in [5.41, 5.74) is 0. The van der Waals surface area contributed by atoms with E-state index in [-0.39, 0.29) is 0 Å². The van der Waals surface area contributed by atoms with Crippen LogP contribution >= 0.6 is 0 Å². The minimum Gasteiger partial charge on any atom is -0.381 e. The Kier molecular flexibility index (Phi) is 4.68. The van der Waals surface area contributed by atoms with Crippen molar-refractivity contribution >= 4 is 0 Å². The van der Waals surface area contributed by atoms with Crippen LogP contribution < -0.4 is 5.32 Å². The summed E-state index contributed by atoms with van der Waals surface area (Å²) in [5.74, 6) is 2.60. The first-order valence-electron chi connectivity index (χ1n) is 7.94. The minimum atomic E-state index is 0.327. The molecule has 112 valence electrons. The highest BCUT2D eigenvalue weighted by Crippen LogP contribution is 2.28. The van der Waals surface area contributed by atoms with E-state index in [2.05, 4.69) is 22.5 Å². The number of hydrogen-bond acceptors (Lipinski definition) is 5. The maximum Gasteiger partial charge on any atom is 0.226 e. The zero-order chi connectivity index (χ0) is 13.8. The fraction of sp³-hybridized carbons (Fsp3) is 0.867.